The Kier molecular flexibility index (Phi) is 8.97. The highest BCUT2D eigenvalue weighted by Gasteiger charge is 2.55. The maximum atomic E-state index is 12.6. The van der Waals surface area contributed by atoms with Gasteiger partial charge in [-0.3, -0.25) is 0 Å². The SMILES string of the molecule is CCCCCC(Oc1ccc(C(=O)Oc2ccc(C#N)cc2)cc1)C1CC(C)O[Si](C)(C)[Si]1(C)C. The van der Waals surface area contributed by atoms with Crippen LogP contribution in [-0.2, 0) is 4.43 Å². The molecule has 3 rings (SSSR count). The highest BCUT2D eigenvalue weighted by Crippen LogP contribution is 2.45. The second-order valence-electron chi connectivity index (χ2n) is 10.7. The molecule has 0 aromatic heterocycles. The maximum absolute atomic E-state index is 12.6. The number of carbonyl (C=O) groups is 1. The summed E-state index contributed by atoms with van der Waals surface area (Å²) < 4.78 is 18.7. The molecular formula is C28H39NO4Si2. The Bertz CT molecular complexity index is 1030. The third-order valence-corrected chi connectivity index (χ3v) is 25.0. The normalized spacial score (nSPS) is 21.5. The molecule has 0 amide bonds. The van der Waals surface area contributed by atoms with Crippen LogP contribution in [0.4, 0.5) is 0 Å². The van der Waals surface area contributed by atoms with Crippen LogP contribution in [0.3, 0.4) is 0 Å². The summed E-state index contributed by atoms with van der Waals surface area (Å²) in [5.41, 5.74) is 1.54. The van der Waals surface area contributed by atoms with Crippen molar-refractivity contribution in [2.45, 2.75) is 89.9 Å². The van der Waals surface area contributed by atoms with Gasteiger partial charge < -0.3 is 13.9 Å². The van der Waals surface area contributed by atoms with Gasteiger partial charge in [0.15, 0.2) is 7.83 Å². The molecule has 0 bridgehead atoms. The molecule has 188 valence electrons. The molecule has 3 atom stereocenters. The second kappa shape index (κ2) is 11.6. The van der Waals surface area contributed by atoms with Crippen LogP contribution in [0.5, 0.6) is 11.5 Å². The largest absolute Gasteiger partial charge is 0.490 e. The van der Waals surface area contributed by atoms with E-state index in [0.29, 0.717) is 22.4 Å². The van der Waals surface area contributed by atoms with Crippen LogP contribution in [0.15, 0.2) is 48.5 Å². The Morgan fingerprint density at radius 3 is 2.29 bits per heavy atom. The van der Waals surface area contributed by atoms with Gasteiger partial charge in [-0.05, 0) is 93.4 Å². The molecule has 35 heavy (non-hydrogen) atoms. The van der Waals surface area contributed by atoms with Gasteiger partial charge in [0.1, 0.15) is 11.5 Å². The molecule has 1 aliphatic rings. The van der Waals surface area contributed by atoms with E-state index in [1.165, 1.54) is 12.8 Å². The molecule has 2 aromatic rings. The maximum Gasteiger partial charge on any atom is 0.343 e. The number of benzene rings is 2. The van der Waals surface area contributed by atoms with Crippen molar-refractivity contribution < 1.29 is 18.7 Å². The Morgan fingerprint density at radius 1 is 1.06 bits per heavy atom. The van der Waals surface area contributed by atoms with Crippen LogP contribution < -0.4 is 9.47 Å². The van der Waals surface area contributed by atoms with Crippen molar-refractivity contribution >= 4 is 21.4 Å². The van der Waals surface area contributed by atoms with Crippen LogP contribution >= 0.6 is 0 Å². The minimum Gasteiger partial charge on any atom is -0.490 e. The van der Waals surface area contributed by atoms with Gasteiger partial charge in [-0.15, -0.1) is 0 Å². The van der Waals surface area contributed by atoms with Gasteiger partial charge >= 0.3 is 5.97 Å². The van der Waals surface area contributed by atoms with Crippen LogP contribution in [0.2, 0.25) is 31.7 Å². The third-order valence-electron chi connectivity index (χ3n) is 7.67. The first kappa shape index (κ1) is 27.2. The van der Waals surface area contributed by atoms with Crippen molar-refractivity contribution in [1.82, 2.24) is 0 Å². The van der Waals surface area contributed by atoms with Gasteiger partial charge in [-0.1, -0.05) is 32.9 Å². The Morgan fingerprint density at radius 2 is 1.69 bits per heavy atom. The van der Waals surface area contributed by atoms with E-state index in [2.05, 4.69) is 46.1 Å². The molecule has 0 aliphatic carbocycles. The van der Waals surface area contributed by atoms with Crippen LogP contribution in [0.25, 0.3) is 0 Å². The lowest BCUT2D eigenvalue weighted by atomic mass is 10.0. The first-order valence-electron chi connectivity index (χ1n) is 12.7. The van der Waals surface area contributed by atoms with Crippen molar-refractivity contribution in [2.75, 3.05) is 0 Å². The van der Waals surface area contributed by atoms with Gasteiger partial charge in [0.05, 0.1) is 30.9 Å². The first-order valence-corrected chi connectivity index (χ1v) is 19.7. The van der Waals surface area contributed by atoms with Gasteiger partial charge in [-0.25, -0.2) is 4.79 Å². The van der Waals surface area contributed by atoms with E-state index in [1.807, 2.05) is 12.1 Å². The predicted octanol–water partition coefficient (Wildman–Crippen LogP) is 7.28. The van der Waals surface area contributed by atoms with E-state index >= 15 is 0 Å². The molecule has 2 aromatic carbocycles. The zero-order valence-corrected chi connectivity index (χ0v) is 24.0. The van der Waals surface area contributed by atoms with E-state index in [9.17, 15) is 4.79 Å². The molecule has 0 spiro atoms. The van der Waals surface area contributed by atoms with Crippen LogP contribution in [-0.4, -0.2) is 33.6 Å². The van der Waals surface area contributed by atoms with E-state index < -0.39 is 21.4 Å². The average molecular weight is 510 g/mol. The fourth-order valence-corrected chi connectivity index (χ4v) is 14.5. The van der Waals surface area contributed by atoms with E-state index in [1.54, 1.807) is 36.4 Å². The molecule has 0 saturated carbocycles. The summed E-state index contributed by atoms with van der Waals surface area (Å²) in [5.74, 6) is 0.781. The second-order valence-corrected chi connectivity index (χ2v) is 25.6. The lowest BCUT2D eigenvalue weighted by Gasteiger charge is -2.52. The van der Waals surface area contributed by atoms with Crippen LogP contribution in [0, 0.1) is 11.3 Å². The monoisotopic (exact) mass is 509 g/mol. The van der Waals surface area contributed by atoms with E-state index in [4.69, 9.17) is 19.2 Å². The molecule has 5 nitrogen and oxygen atoms in total. The van der Waals surface area contributed by atoms with E-state index in [0.717, 1.165) is 25.0 Å². The first-order chi connectivity index (χ1) is 16.6. The number of rotatable bonds is 9. The standard InChI is InChI=1S/C28H39NO4Si2/c1-7-8-9-10-26(27-19-21(2)33-35(5,6)34(27,3)4)31-24-17-13-23(14-18-24)28(30)32-25-15-11-22(20-29)12-16-25/h11-18,21,26-27H,7-10,19H2,1-6H3. The van der Waals surface area contributed by atoms with Gasteiger partial charge in [0.2, 0.25) is 0 Å². The minimum absolute atomic E-state index is 0.165. The summed E-state index contributed by atoms with van der Waals surface area (Å²) in [6.07, 6.45) is 6.11. The molecule has 1 aliphatic heterocycles. The zero-order chi connectivity index (χ0) is 25.6. The lowest BCUT2D eigenvalue weighted by molar-refractivity contribution is 0.0734. The number of hydrogen-bond donors (Lipinski definition) is 0. The van der Waals surface area contributed by atoms with Crippen molar-refractivity contribution in [3.05, 3.63) is 59.7 Å². The number of ether oxygens (including phenoxy) is 2. The highest BCUT2D eigenvalue weighted by molar-refractivity contribution is 7.39. The fourth-order valence-electron chi connectivity index (χ4n) is 4.96. The molecule has 1 saturated heterocycles. The molecule has 1 fully saturated rings. The minimum atomic E-state index is -1.76. The smallest absolute Gasteiger partial charge is 0.343 e. The van der Waals surface area contributed by atoms with Gasteiger partial charge in [0, 0.05) is 6.10 Å². The number of nitrogens with zero attached hydrogens (tertiary/aromatic N) is 1. The highest BCUT2D eigenvalue weighted by atomic mass is 29.3. The number of esters is 1. The Balaban J connectivity index is 1.74. The average Bonchev–Trinajstić information content (AvgIpc) is 2.82. The van der Waals surface area contributed by atoms with Crippen molar-refractivity contribution in [3.8, 4) is 17.6 Å². The van der Waals surface area contributed by atoms with Crippen molar-refractivity contribution in [3.63, 3.8) is 0 Å². The quantitative estimate of drug-likeness (QED) is 0.154. The number of nitriles is 1. The van der Waals surface area contributed by atoms with Crippen molar-refractivity contribution in [1.29, 1.82) is 5.26 Å². The molecule has 3 unspecified atom stereocenters. The number of hydrogen-bond acceptors (Lipinski definition) is 5. The van der Waals surface area contributed by atoms with Crippen LogP contribution in [0.1, 0.15) is 61.9 Å². The zero-order valence-electron chi connectivity index (χ0n) is 22.0. The summed E-state index contributed by atoms with van der Waals surface area (Å²) in [6, 6.07) is 15.8. The molecule has 0 radical (unpaired) electrons. The molecule has 7 heteroatoms. The molecule has 1 heterocycles. The summed E-state index contributed by atoms with van der Waals surface area (Å²) in [4.78, 5) is 12.6. The van der Waals surface area contributed by atoms with Gasteiger partial charge in [0.25, 0.3) is 0 Å². The fraction of sp³-hybridized carbons (Fsp3) is 0.500. The summed E-state index contributed by atoms with van der Waals surface area (Å²) in [6.45, 7) is 14.2. The van der Waals surface area contributed by atoms with Crippen molar-refractivity contribution in [2.24, 2.45) is 0 Å². The Hall–Kier alpha value is -2.41. The summed E-state index contributed by atoms with van der Waals surface area (Å²) in [5, 5.41) is 8.92. The van der Waals surface area contributed by atoms with E-state index in [-0.39, 0.29) is 12.2 Å². The number of carbonyl (C=O) groups excluding carboxylic acids is 1. The third kappa shape index (κ3) is 6.63. The Labute approximate surface area is 212 Å². The molecule has 0 N–H and O–H groups in total. The topological polar surface area (TPSA) is 68.5 Å². The number of unbranched alkanes of at least 4 members (excludes halogenated alkanes) is 2. The summed E-state index contributed by atoms with van der Waals surface area (Å²) in [7, 11) is -3.41. The lowest BCUT2D eigenvalue weighted by Crippen LogP contribution is -2.66. The predicted molar refractivity (Wildman–Crippen MR) is 145 cm³/mol. The summed E-state index contributed by atoms with van der Waals surface area (Å²) >= 11 is 0. The van der Waals surface area contributed by atoms with Gasteiger partial charge in [-0.2, -0.15) is 5.26 Å². The molecular weight excluding hydrogens is 470 g/mol.